The van der Waals surface area contributed by atoms with E-state index in [-0.39, 0.29) is 23.5 Å². The summed E-state index contributed by atoms with van der Waals surface area (Å²) in [5, 5.41) is 0. The van der Waals surface area contributed by atoms with Crippen molar-refractivity contribution in [2.75, 3.05) is 18.0 Å². The van der Waals surface area contributed by atoms with Gasteiger partial charge in [-0.3, -0.25) is 9.69 Å². The smallest absolute Gasteiger partial charge is 0.270 e. The van der Waals surface area contributed by atoms with E-state index in [1.54, 1.807) is 37.4 Å². The third-order valence-corrected chi connectivity index (χ3v) is 7.23. The third-order valence-electron chi connectivity index (χ3n) is 7.23. The largest absolute Gasteiger partial charge is 0.362 e. The van der Waals surface area contributed by atoms with Crippen molar-refractivity contribution in [1.82, 2.24) is 14.5 Å². The average Bonchev–Trinajstić information content (AvgIpc) is 2.88. The van der Waals surface area contributed by atoms with Gasteiger partial charge in [-0.25, -0.2) is 13.2 Å². The molecule has 0 spiro atoms. The van der Waals surface area contributed by atoms with Crippen molar-refractivity contribution < 1.29 is 13.2 Å². The lowest BCUT2D eigenvalue weighted by Gasteiger charge is -2.48. The standard InChI is InChI=1S/C29H26F3N5O/c1-17-16-37(29(19-5-7-21(30)8-6-19)20-11-22(31)13-23(32)12-20)18(2)15-36(17)25-14-27(38)35(4)24-9-10-26(33-3)34-28(24)25/h5-14,17-18,29H,15-16H2,1-2,4H3/t17-,18+,29?/m0/s1. The van der Waals surface area contributed by atoms with Gasteiger partial charge in [0.25, 0.3) is 11.4 Å². The predicted octanol–water partition coefficient (Wildman–Crippen LogP) is 5.59. The van der Waals surface area contributed by atoms with Crippen LogP contribution in [0.25, 0.3) is 15.9 Å². The quantitative estimate of drug-likeness (QED) is 0.331. The molecule has 0 amide bonds. The number of anilines is 1. The molecule has 4 aromatic rings. The van der Waals surface area contributed by atoms with Gasteiger partial charge in [0.05, 0.1) is 17.2 Å². The van der Waals surface area contributed by atoms with Gasteiger partial charge in [-0.1, -0.05) is 18.7 Å². The SMILES string of the molecule is [C-]#[N+]c1ccc2c(n1)c(N1C[C@@H](C)N(C(c3ccc(F)cc3)c3cc(F)cc(F)c3)C[C@@H]1C)cc(=O)n2C. The first-order valence-corrected chi connectivity index (χ1v) is 12.3. The van der Waals surface area contributed by atoms with Gasteiger partial charge in [0.1, 0.15) is 17.5 Å². The Morgan fingerprint density at radius 2 is 1.58 bits per heavy atom. The summed E-state index contributed by atoms with van der Waals surface area (Å²) in [6, 6.07) is 13.5. The van der Waals surface area contributed by atoms with Gasteiger partial charge >= 0.3 is 0 Å². The molecule has 1 aliphatic heterocycles. The van der Waals surface area contributed by atoms with Gasteiger partial charge < -0.3 is 14.3 Å². The first-order valence-electron chi connectivity index (χ1n) is 12.3. The summed E-state index contributed by atoms with van der Waals surface area (Å²) in [5.74, 6) is -1.52. The number of hydrogen-bond donors (Lipinski definition) is 0. The van der Waals surface area contributed by atoms with Crippen LogP contribution in [-0.4, -0.2) is 39.6 Å². The van der Waals surface area contributed by atoms with E-state index in [1.165, 1.54) is 28.8 Å². The van der Waals surface area contributed by atoms with Gasteiger partial charge in [-0.2, -0.15) is 0 Å². The fourth-order valence-corrected chi connectivity index (χ4v) is 5.38. The molecule has 1 aliphatic rings. The van der Waals surface area contributed by atoms with Crippen molar-refractivity contribution in [3.05, 3.63) is 111 Å². The van der Waals surface area contributed by atoms with Crippen LogP contribution in [0.1, 0.15) is 31.0 Å². The van der Waals surface area contributed by atoms with E-state index in [4.69, 9.17) is 6.57 Å². The molecule has 3 atom stereocenters. The number of hydrogen-bond acceptors (Lipinski definition) is 4. The summed E-state index contributed by atoms with van der Waals surface area (Å²) >= 11 is 0. The van der Waals surface area contributed by atoms with Crippen LogP contribution in [0.2, 0.25) is 0 Å². The summed E-state index contributed by atoms with van der Waals surface area (Å²) in [7, 11) is 1.67. The van der Waals surface area contributed by atoms with E-state index in [9.17, 15) is 18.0 Å². The summed E-state index contributed by atoms with van der Waals surface area (Å²) in [6.45, 7) is 12.4. The Balaban J connectivity index is 1.57. The summed E-state index contributed by atoms with van der Waals surface area (Å²) in [5.41, 5.74) is 2.79. The number of pyridine rings is 2. The van der Waals surface area contributed by atoms with Crippen molar-refractivity contribution >= 4 is 22.5 Å². The van der Waals surface area contributed by atoms with Crippen molar-refractivity contribution in [3.8, 4) is 0 Å². The maximum Gasteiger partial charge on any atom is 0.270 e. The molecule has 38 heavy (non-hydrogen) atoms. The normalized spacial score (nSPS) is 18.9. The minimum atomic E-state index is -0.681. The van der Waals surface area contributed by atoms with E-state index in [2.05, 4.69) is 19.6 Å². The molecule has 194 valence electrons. The van der Waals surface area contributed by atoms with Gasteiger partial charge in [0.15, 0.2) is 0 Å². The molecule has 0 saturated carbocycles. The van der Waals surface area contributed by atoms with E-state index in [0.717, 1.165) is 6.07 Å². The van der Waals surface area contributed by atoms with Gasteiger partial charge in [-0.05, 0) is 61.4 Å². The second-order valence-corrected chi connectivity index (χ2v) is 9.78. The molecule has 0 N–H and O–H groups in total. The molecule has 2 aromatic heterocycles. The number of rotatable bonds is 4. The number of halogens is 3. The lowest BCUT2D eigenvalue weighted by molar-refractivity contribution is 0.129. The lowest BCUT2D eigenvalue weighted by Crippen LogP contribution is -2.57. The number of aromatic nitrogens is 2. The van der Waals surface area contributed by atoms with Crippen LogP contribution in [0.5, 0.6) is 0 Å². The second kappa shape index (κ2) is 9.95. The first kappa shape index (κ1) is 25.5. The Labute approximate surface area is 218 Å². The first-order chi connectivity index (χ1) is 18.2. The summed E-state index contributed by atoms with van der Waals surface area (Å²) < 4.78 is 43.8. The van der Waals surface area contributed by atoms with Crippen molar-refractivity contribution in [2.24, 2.45) is 7.05 Å². The molecule has 5 rings (SSSR count). The van der Waals surface area contributed by atoms with Gasteiger partial charge in [0.2, 0.25) is 5.52 Å². The molecular formula is C29H26F3N5O. The topological polar surface area (TPSA) is 45.7 Å². The molecule has 3 heterocycles. The number of nitrogens with zero attached hydrogens (tertiary/aromatic N) is 5. The van der Waals surface area contributed by atoms with Crippen molar-refractivity contribution in [1.29, 1.82) is 0 Å². The molecule has 6 nitrogen and oxygen atoms in total. The van der Waals surface area contributed by atoms with Crippen LogP contribution in [0.4, 0.5) is 24.7 Å². The highest BCUT2D eigenvalue weighted by Gasteiger charge is 2.36. The van der Waals surface area contributed by atoms with Crippen LogP contribution in [0, 0.1) is 24.0 Å². The molecule has 0 bridgehead atoms. The Kier molecular flexibility index (Phi) is 6.67. The lowest BCUT2D eigenvalue weighted by atomic mass is 9.93. The maximum absolute atomic E-state index is 14.3. The Morgan fingerprint density at radius 3 is 2.24 bits per heavy atom. The molecule has 1 unspecified atom stereocenters. The zero-order chi connectivity index (χ0) is 27.1. The monoisotopic (exact) mass is 517 g/mol. The van der Waals surface area contributed by atoms with Crippen LogP contribution in [0.3, 0.4) is 0 Å². The van der Waals surface area contributed by atoms with Crippen LogP contribution in [0.15, 0.2) is 65.5 Å². The van der Waals surface area contributed by atoms with Crippen LogP contribution < -0.4 is 10.5 Å². The van der Waals surface area contributed by atoms with Gasteiger partial charge in [0, 0.05) is 44.4 Å². The van der Waals surface area contributed by atoms with Crippen molar-refractivity contribution in [2.45, 2.75) is 32.0 Å². The second-order valence-electron chi connectivity index (χ2n) is 9.78. The zero-order valence-electron chi connectivity index (χ0n) is 21.2. The summed E-state index contributed by atoms with van der Waals surface area (Å²) in [4.78, 5) is 25.0. The van der Waals surface area contributed by atoms with Crippen molar-refractivity contribution in [3.63, 3.8) is 0 Å². The molecular weight excluding hydrogens is 491 g/mol. The fraction of sp³-hybridized carbons (Fsp3) is 0.276. The summed E-state index contributed by atoms with van der Waals surface area (Å²) in [6.07, 6.45) is 0. The van der Waals surface area contributed by atoms with E-state index in [0.29, 0.717) is 40.9 Å². The number of aryl methyl sites for hydroxylation is 1. The van der Waals surface area contributed by atoms with E-state index < -0.39 is 23.5 Å². The predicted molar refractivity (Wildman–Crippen MR) is 141 cm³/mol. The molecule has 0 radical (unpaired) electrons. The van der Waals surface area contributed by atoms with Crippen LogP contribution >= 0.6 is 0 Å². The highest BCUT2D eigenvalue weighted by Crippen LogP contribution is 2.36. The molecule has 1 saturated heterocycles. The number of benzene rings is 2. The third kappa shape index (κ3) is 4.63. The number of piperazine rings is 1. The van der Waals surface area contributed by atoms with Gasteiger partial charge in [-0.15, -0.1) is 4.98 Å². The molecule has 9 heteroatoms. The highest BCUT2D eigenvalue weighted by atomic mass is 19.1. The molecule has 2 aromatic carbocycles. The number of fused-ring (bicyclic) bond motifs is 1. The average molecular weight is 518 g/mol. The molecule has 0 aliphatic carbocycles. The fourth-order valence-electron chi connectivity index (χ4n) is 5.38. The highest BCUT2D eigenvalue weighted by molar-refractivity contribution is 5.89. The minimum Gasteiger partial charge on any atom is -0.362 e. The Hall–Kier alpha value is -4.16. The van der Waals surface area contributed by atoms with E-state index in [1.807, 2.05) is 13.8 Å². The zero-order valence-corrected chi connectivity index (χ0v) is 21.2. The van der Waals surface area contributed by atoms with Crippen LogP contribution in [-0.2, 0) is 7.05 Å². The minimum absolute atomic E-state index is 0.124. The Bertz CT molecular complexity index is 1590. The Morgan fingerprint density at radius 1 is 0.895 bits per heavy atom. The maximum atomic E-state index is 14.3. The molecule has 1 fully saturated rings. The van der Waals surface area contributed by atoms with E-state index >= 15 is 0 Å².